The molecule has 4 aliphatic rings. The van der Waals surface area contributed by atoms with Gasteiger partial charge in [0.1, 0.15) is 9.79 Å². The van der Waals surface area contributed by atoms with Crippen LogP contribution in [0.25, 0.3) is 11.5 Å². The Morgan fingerprint density at radius 2 is 0.904 bits per heavy atom. The number of ketones is 2. The molecule has 73 heavy (non-hydrogen) atoms. The monoisotopic (exact) mass is 1100 g/mol. The minimum Gasteiger partial charge on any atom is -0.871 e. The van der Waals surface area contributed by atoms with Gasteiger partial charge in [-0.15, -0.1) is 8.80 Å². The van der Waals surface area contributed by atoms with E-state index in [9.17, 15) is 53.5 Å². The zero-order valence-corrected chi connectivity index (χ0v) is 47.5. The first-order valence-electron chi connectivity index (χ1n) is 22.6. The van der Waals surface area contributed by atoms with Gasteiger partial charge in [0.15, 0.2) is 23.2 Å². The second-order valence-corrected chi connectivity index (χ2v) is 27.8. The number of Topliss-reactive ketones (excluding diaryl/α,β-unsaturated/α-hetero) is 2. The fourth-order valence-electron chi connectivity index (χ4n) is 8.86. The maximum Gasteiger partial charge on any atom is 2.00 e. The molecule has 384 valence electrons. The molecule has 0 fully saturated rings. The van der Waals surface area contributed by atoms with Crippen molar-refractivity contribution in [1.29, 1.82) is 0 Å². The van der Waals surface area contributed by atoms with Crippen LogP contribution in [0, 0.1) is 10.8 Å². The Hall–Kier alpha value is -5.10. The van der Waals surface area contributed by atoms with E-state index in [1.54, 1.807) is 62.4 Å². The predicted octanol–water partition coefficient (Wildman–Crippen LogP) is 5.64. The van der Waals surface area contributed by atoms with Crippen LogP contribution in [0.3, 0.4) is 0 Å². The van der Waals surface area contributed by atoms with Crippen molar-refractivity contribution in [2.24, 2.45) is 19.6 Å². The molecule has 4 N–H and O–H groups in total. The molecule has 0 amide bonds. The van der Waals surface area contributed by atoms with Crippen LogP contribution in [-0.2, 0) is 60.5 Å². The Labute approximate surface area is 457 Å². The Kier molecular flexibility index (Phi) is 15.6. The summed E-state index contributed by atoms with van der Waals surface area (Å²) in [7, 11) is -16.0. The summed E-state index contributed by atoms with van der Waals surface area (Å²) in [4.78, 5) is 27.3. The molecular weight excluding hydrogens is 1040 g/mol. The van der Waals surface area contributed by atoms with Gasteiger partial charge in [0, 0.05) is 11.4 Å². The van der Waals surface area contributed by atoms with E-state index in [1.165, 1.54) is 24.3 Å². The van der Waals surface area contributed by atoms with Crippen LogP contribution >= 0.6 is 0 Å². The second kappa shape index (κ2) is 19.9. The first-order valence-corrected chi connectivity index (χ1v) is 29.3. The molecule has 0 aromatic heterocycles. The molecule has 4 aromatic carbocycles. The third-order valence-corrected chi connectivity index (χ3v) is 16.6. The van der Waals surface area contributed by atoms with E-state index in [-0.39, 0.29) is 104 Å². The third-order valence-electron chi connectivity index (χ3n) is 12.7. The predicted molar refractivity (Wildman–Crippen MR) is 281 cm³/mol. The van der Waals surface area contributed by atoms with Gasteiger partial charge in [-0.2, -0.15) is 16.8 Å². The van der Waals surface area contributed by atoms with Gasteiger partial charge in [-0.05, 0) is 109 Å². The Morgan fingerprint density at radius 3 is 1.22 bits per heavy atom. The van der Waals surface area contributed by atoms with Crippen molar-refractivity contribution in [2.45, 2.75) is 102 Å². The molecule has 8 rings (SSSR count). The van der Waals surface area contributed by atoms with Crippen molar-refractivity contribution >= 4 is 135 Å². The molecule has 0 spiro atoms. The van der Waals surface area contributed by atoms with Gasteiger partial charge in [-0.3, -0.25) is 19.0 Å². The summed E-state index contributed by atoms with van der Waals surface area (Å²) in [5.41, 5.74) is -0.694. The van der Waals surface area contributed by atoms with Crippen LogP contribution in [-0.4, -0.2) is 107 Å². The molecule has 4 aromatic rings. The normalized spacial score (nSPS) is 21.0. The van der Waals surface area contributed by atoms with Gasteiger partial charge < -0.3 is 20.8 Å². The van der Waals surface area contributed by atoms with E-state index in [0.29, 0.717) is 47.9 Å². The number of sulfonamides is 4. The second-order valence-electron chi connectivity index (χ2n) is 21.2. The van der Waals surface area contributed by atoms with E-state index in [0.717, 1.165) is 24.6 Å². The molecular formula is C50H56CaN6O12S4. The maximum absolute atomic E-state index is 13.9. The molecule has 2 aliphatic carbocycles. The van der Waals surface area contributed by atoms with Crippen LogP contribution < -0.4 is 30.3 Å². The van der Waals surface area contributed by atoms with Gasteiger partial charge in [0.25, 0.3) is 20.0 Å². The number of amidine groups is 2. The fraction of sp³-hybridized carbons (Fsp3) is 0.360. The largest absolute Gasteiger partial charge is 2.00 e. The van der Waals surface area contributed by atoms with Crippen molar-refractivity contribution in [3.63, 3.8) is 0 Å². The summed E-state index contributed by atoms with van der Waals surface area (Å²) >= 11 is 0. The number of nitrogens with one attached hydrogen (secondary N) is 4. The molecule has 0 bridgehead atoms. The van der Waals surface area contributed by atoms with Crippen molar-refractivity contribution in [3.05, 3.63) is 118 Å². The Bertz CT molecular complexity index is 3340. The fourth-order valence-corrected chi connectivity index (χ4v) is 12.3. The number of carbonyl (C=O) groups is 2. The molecule has 2 aliphatic heterocycles. The van der Waals surface area contributed by atoms with E-state index in [2.05, 4.69) is 70.4 Å². The number of fused-ring (bicyclic) bond motifs is 4. The molecule has 0 saturated heterocycles. The third kappa shape index (κ3) is 12.1. The number of rotatable bonds is 10. The number of hydrogen-bond acceptors (Lipinski definition) is 14. The summed E-state index contributed by atoms with van der Waals surface area (Å²) in [5, 5.41) is 32.7. The van der Waals surface area contributed by atoms with Crippen molar-refractivity contribution in [3.8, 4) is 0 Å². The molecule has 0 saturated carbocycles. The van der Waals surface area contributed by atoms with E-state index >= 15 is 0 Å². The summed E-state index contributed by atoms with van der Waals surface area (Å²) in [6, 6.07) is 21.5. The van der Waals surface area contributed by atoms with E-state index in [1.807, 2.05) is 0 Å². The molecule has 23 heteroatoms. The first-order chi connectivity index (χ1) is 33.0. The van der Waals surface area contributed by atoms with Gasteiger partial charge in [0.2, 0.25) is 20.0 Å². The van der Waals surface area contributed by atoms with E-state index in [4.69, 9.17) is 0 Å². The zero-order chi connectivity index (χ0) is 53.4. The van der Waals surface area contributed by atoms with Crippen molar-refractivity contribution < 1.29 is 53.5 Å². The number of nitrogens with zero attached hydrogens (tertiary/aromatic N) is 2. The Morgan fingerprint density at radius 1 is 0.575 bits per heavy atom. The molecule has 0 unspecified atom stereocenters. The SMILES string of the molecule is CC(C)(C)CC[C@@]1(C)C(=O)C(C2=NS(=O)(=O)c3cc(NS(C)(=O)=O)ccc3N2)=C([O-])c2ccccc21.CC(C)(C)CC[C@@]1(C)C(=O)C(C2=NS(=O)(=O)c3cc(NS(C)(=O)=O)ccc3N2)=C([O-])c2ccccc21.[Ca+2]. The number of benzene rings is 4. The van der Waals surface area contributed by atoms with Crippen LogP contribution in [0.4, 0.5) is 22.7 Å². The maximum atomic E-state index is 13.9. The first kappa shape index (κ1) is 57.2. The number of hydrogen-bond donors (Lipinski definition) is 4. The summed E-state index contributed by atoms with van der Waals surface area (Å²) in [5.74, 6) is -2.84. The molecule has 2 heterocycles. The van der Waals surface area contributed by atoms with Gasteiger partial charge in [-0.25, -0.2) is 16.8 Å². The molecule has 0 radical (unpaired) electrons. The molecule has 18 nitrogen and oxygen atoms in total. The van der Waals surface area contributed by atoms with Gasteiger partial charge in [0.05, 0.1) is 45.9 Å². The van der Waals surface area contributed by atoms with Gasteiger partial charge in [-0.1, -0.05) is 102 Å². The topological polar surface area (TPSA) is 290 Å². The van der Waals surface area contributed by atoms with Gasteiger partial charge >= 0.3 is 37.7 Å². The van der Waals surface area contributed by atoms with E-state index < -0.39 is 74.0 Å². The van der Waals surface area contributed by atoms with Crippen LogP contribution in [0.15, 0.2) is 115 Å². The van der Waals surface area contributed by atoms with Crippen molar-refractivity contribution in [2.75, 3.05) is 32.6 Å². The minimum absolute atomic E-state index is 0. The average molecular weight is 1100 g/mol. The Balaban J connectivity index is 0.000000235. The van der Waals surface area contributed by atoms with Crippen LogP contribution in [0.2, 0.25) is 0 Å². The number of carbonyl (C=O) groups excluding carboxylic acids is 2. The zero-order valence-electron chi connectivity index (χ0n) is 42.0. The van der Waals surface area contributed by atoms with Crippen LogP contribution in [0.5, 0.6) is 0 Å². The molecule has 2 atom stereocenters. The summed E-state index contributed by atoms with van der Waals surface area (Å²) in [6.45, 7) is 15.9. The standard InChI is InChI=1S/2C25H29N3O6S2.Ca/c2*1-24(2,3)12-13-25(4)17-9-7-6-8-16(17)21(29)20(22(25)30)23-26-18-11-10-15(27-35(5,31)32)14-19(18)36(33,34)28-23;/h2*6-11,14,27,29H,12-13H2,1-5H3,(H,26,28);/q;;+2/p-2/t2*25-;/m11./s1. The minimum atomic E-state index is -4.35. The van der Waals surface area contributed by atoms with Crippen LogP contribution in [0.1, 0.15) is 103 Å². The quantitative estimate of drug-likeness (QED) is 0.140. The summed E-state index contributed by atoms with van der Waals surface area (Å²) < 4.78 is 111. The average Bonchev–Trinajstić information content (AvgIpc) is 3.25. The summed E-state index contributed by atoms with van der Waals surface area (Å²) in [6.07, 6.45) is 4.20. The number of anilines is 4. The van der Waals surface area contributed by atoms with Crippen molar-refractivity contribution in [1.82, 2.24) is 0 Å². The smallest absolute Gasteiger partial charge is 0.871 e.